The second-order valence-electron chi connectivity index (χ2n) is 5.87. The summed E-state index contributed by atoms with van der Waals surface area (Å²) >= 11 is 0. The lowest BCUT2D eigenvalue weighted by molar-refractivity contribution is -0.125. The van der Waals surface area contributed by atoms with E-state index in [1.165, 1.54) is 0 Å². The predicted octanol–water partition coefficient (Wildman–Crippen LogP) is -1.12. The Bertz CT molecular complexity index is 479. The van der Waals surface area contributed by atoms with E-state index in [1.807, 2.05) is 6.20 Å². The first-order valence-corrected chi connectivity index (χ1v) is 8.01. The summed E-state index contributed by atoms with van der Waals surface area (Å²) in [5.74, 6) is 0.244. The van der Waals surface area contributed by atoms with E-state index in [2.05, 4.69) is 26.3 Å². The monoisotopic (exact) mass is 308 g/mol. The van der Waals surface area contributed by atoms with Crippen molar-refractivity contribution in [2.75, 3.05) is 32.8 Å². The van der Waals surface area contributed by atoms with Gasteiger partial charge in [0.05, 0.1) is 32.0 Å². The molecule has 122 valence electrons. The minimum atomic E-state index is 0.121. The molecule has 0 bridgehead atoms. The van der Waals surface area contributed by atoms with Gasteiger partial charge in [-0.1, -0.05) is 5.21 Å². The normalized spacial score (nSPS) is 23.4. The Hall–Kier alpha value is -1.51. The van der Waals surface area contributed by atoms with Gasteiger partial charge in [-0.25, -0.2) is 4.68 Å². The first-order valence-electron chi connectivity index (χ1n) is 8.01. The molecule has 3 heterocycles. The Morgan fingerprint density at radius 3 is 3.00 bits per heavy atom. The molecule has 0 aromatic carbocycles. The third kappa shape index (κ3) is 4.25. The molecule has 1 aromatic heterocycles. The Kier molecular flexibility index (Phi) is 5.36. The molecule has 3 N–H and O–H groups in total. The largest absolute Gasteiger partial charge is 0.374 e. The zero-order chi connectivity index (χ0) is 15.2. The first kappa shape index (κ1) is 15.4. The number of rotatable bonds is 5. The van der Waals surface area contributed by atoms with Gasteiger partial charge in [-0.15, -0.1) is 5.10 Å². The number of aromatic nitrogens is 3. The minimum Gasteiger partial charge on any atom is -0.374 e. The lowest BCUT2D eigenvalue weighted by Gasteiger charge is -2.23. The van der Waals surface area contributed by atoms with Crippen molar-refractivity contribution in [2.45, 2.75) is 32.0 Å². The van der Waals surface area contributed by atoms with Crippen LogP contribution in [0, 0.1) is 5.92 Å². The van der Waals surface area contributed by atoms with Crippen LogP contribution in [-0.4, -0.2) is 59.8 Å². The summed E-state index contributed by atoms with van der Waals surface area (Å²) < 4.78 is 7.42. The fraction of sp³-hybridized carbons (Fsp3) is 0.786. The van der Waals surface area contributed by atoms with Gasteiger partial charge in [0.1, 0.15) is 5.69 Å². The lowest BCUT2D eigenvalue weighted by atomic mass is 9.97. The summed E-state index contributed by atoms with van der Waals surface area (Å²) in [6.45, 7) is 5.43. The fourth-order valence-electron chi connectivity index (χ4n) is 2.86. The Balaban J connectivity index is 1.43. The molecule has 2 aliphatic rings. The van der Waals surface area contributed by atoms with Crippen LogP contribution in [0.4, 0.5) is 0 Å². The van der Waals surface area contributed by atoms with Crippen molar-refractivity contribution < 1.29 is 9.53 Å². The number of amides is 1. The molecule has 8 nitrogen and oxygen atoms in total. The van der Waals surface area contributed by atoms with Crippen molar-refractivity contribution in [2.24, 2.45) is 5.92 Å². The van der Waals surface area contributed by atoms with Crippen LogP contribution in [0.5, 0.6) is 0 Å². The number of nitrogens with one attached hydrogen (secondary N) is 3. The Labute approximate surface area is 130 Å². The molecule has 22 heavy (non-hydrogen) atoms. The van der Waals surface area contributed by atoms with E-state index in [-0.39, 0.29) is 17.9 Å². The number of carbonyl (C=O) groups excluding carboxylic acids is 1. The SMILES string of the molecule is O=C(NCc1cn(CC2CNCCO2)nn1)C1CCNCC1. The van der Waals surface area contributed by atoms with Gasteiger partial charge < -0.3 is 20.7 Å². The topological polar surface area (TPSA) is 93.1 Å². The van der Waals surface area contributed by atoms with Gasteiger partial charge >= 0.3 is 0 Å². The molecule has 0 radical (unpaired) electrons. The number of carbonyl (C=O) groups is 1. The standard InChI is InChI=1S/C14H24N6O2/c21-14(11-1-3-15-4-2-11)17-7-12-9-20(19-18-12)10-13-8-16-5-6-22-13/h9,11,13,15-16H,1-8,10H2,(H,17,21). The molecule has 2 aliphatic heterocycles. The van der Waals surface area contributed by atoms with Crippen molar-refractivity contribution >= 4 is 5.91 Å². The number of morpholine rings is 1. The molecule has 1 atom stereocenters. The molecule has 0 aliphatic carbocycles. The van der Waals surface area contributed by atoms with Crippen LogP contribution in [-0.2, 0) is 22.6 Å². The summed E-state index contributed by atoms with van der Waals surface area (Å²) in [5, 5.41) is 17.7. The molecule has 8 heteroatoms. The van der Waals surface area contributed by atoms with Crippen LogP contribution < -0.4 is 16.0 Å². The summed E-state index contributed by atoms with van der Waals surface area (Å²) in [6.07, 6.45) is 3.82. The number of hydrogen-bond donors (Lipinski definition) is 3. The summed E-state index contributed by atoms with van der Waals surface area (Å²) in [4.78, 5) is 12.1. The number of hydrogen-bond acceptors (Lipinski definition) is 6. The highest BCUT2D eigenvalue weighted by Crippen LogP contribution is 2.11. The van der Waals surface area contributed by atoms with Crippen LogP contribution >= 0.6 is 0 Å². The van der Waals surface area contributed by atoms with Crippen molar-refractivity contribution in [3.63, 3.8) is 0 Å². The molecule has 1 aromatic rings. The van der Waals surface area contributed by atoms with E-state index in [1.54, 1.807) is 4.68 Å². The van der Waals surface area contributed by atoms with Crippen molar-refractivity contribution in [1.82, 2.24) is 30.9 Å². The maximum atomic E-state index is 12.1. The van der Waals surface area contributed by atoms with Crippen molar-refractivity contribution in [3.05, 3.63) is 11.9 Å². The third-order valence-electron chi connectivity index (χ3n) is 4.13. The van der Waals surface area contributed by atoms with Crippen molar-refractivity contribution in [1.29, 1.82) is 0 Å². The Morgan fingerprint density at radius 1 is 1.36 bits per heavy atom. The maximum Gasteiger partial charge on any atom is 0.223 e. The summed E-state index contributed by atoms with van der Waals surface area (Å²) in [5.41, 5.74) is 0.783. The zero-order valence-electron chi connectivity index (χ0n) is 12.8. The quantitative estimate of drug-likeness (QED) is 0.638. The average Bonchev–Trinajstić information content (AvgIpc) is 3.02. The first-order chi connectivity index (χ1) is 10.8. The Morgan fingerprint density at radius 2 is 2.23 bits per heavy atom. The molecule has 1 amide bonds. The minimum absolute atomic E-state index is 0.121. The maximum absolute atomic E-state index is 12.1. The smallest absolute Gasteiger partial charge is 0.223 e. The van der Waals surface area contributed by atoms with Gasteiger partial charge in [0.25, 0.3) is 0 Å². The summed E-state index contributed by atoms with van der Waals surface area (Å²) in [7, 11) is 0. The molecule has 2 saturated heterocycles. The highest BCUT2D eigenvalue weighted by molar-refractivity contribution is 5.78. The van der Waals surface area contributed by atoms with E-state index in [9.17, 15) is 4.79 Å². The highest BCUT2D eigenvalue weighted by Gasteiger charge is 2.21. The molecular weight excluding hydrogens is 284 g/mol. The van der Waals surface area contributed by atoms with Gasteiger partial charge in [0, 0.05) is 19.0 Å². The van der Waals surface area contributed by atoms with Crippen LogP contribution in [0.2, 0.25) is 0 Å². The molecule has 2 fully saturated rings. The van der Waals surface area contributed by atoms with Gasteiger partial charge in [-0.2, -0.15) is 0 Å². The van der Waals surface area contributed by atoms with Gasteiger partial charge in [-0.05, 0) is 25.9 Å². The van der Waals surface area contributed by atoms with Gasteiger partial charge in [0.2, 0.25) is 5.91 Å². The van der Waals surface area contributed by atoms with Crippen LogP contribution in [0.15, 0.2) is 6.20 Å². The van der Waals surface area contributed by atoms with Crippen LogP contribution in [0.3, 0.4) is 0 Å². The molecular formula is C14H24N6O2. The van der Waals surface area contributed by atoms with E-state index >= 15 is 0 Å². The second kappa shape index (κ2) is 7.66. The van der Waals surface area contributed by atoms with E-state index in [0.29, 0.717) is 13.1 Å². The van der Waals surface area contributed by atoms with Crippen LogP contribution in [0.1, 0.15) is 18.5 Å². The molecule has 3 rings (SSSR count). The predicted molar refractivity (Wildman–Crippen MR) is 80.1 cm³/mol. The zero-order valence-corrected chi connectivity index (χ0v) is 12.8. The van der Waals surface area contributed by atoms with Crippen molar-refractivity contribution in [3.8, 4) is 0 Å². The molecule has 1 unspecified atom stereocenters. The number of nitrogens with zero attached hydrogens (tertiary/aromatic N) is 3. The molecule has 0 spiro atoms. The van der Waals surface area contributed by atoms with Crippen LogP contribution in [0.25, 0.3) is 0 Å². The third-order valence-corrected chi connectivity index (χ3v) is 4.13. The fourth-order valence-corrected chi connectivity index (χ4v) is 2.86. The summed E-state index contributed by atoms with van der Waals surface area (Å²) in [6, 6.07) is 0. The highest BCUT2D eigenvalue weighted by atomic mass is 16.5. The average molecular weight is 308 g/mol. The van der Waals surface area contributed by atoms with E-state index in [0.717, 1.165) is 51.3 Å². The van der Waals surface area contributed by atoms with Gasteiger partial charge in [-0.3, -0.25) is 4.79 Å². The second-order valence-corrected chi connectivity index (χ2v) is 5.87. The lowest BCUT2D eigenvalue weighted by Crippen LogP contribution is -2.40. The van der Waals surface area contributed by atoms with E-state index < -0.39 is 0 Å². The number of piperidine rings is 1. The van der Waals surface area contributed by atoms with E-state index in [4.69, 9.17) is 4.74 Å². The van der Waals surface area contributed by atoms with Gasteiger partial charge in [0.15, 0.2) is 0 Å². The molecule has 0 saturated carbocycles. The number of ether oxygens (including phenoxy) is 1.